The molecule has 2 fully saturated rings. The van der Waals surface area contributed by atoms with Gasteiger partial charge in [-0.05, 0) is 19.8 Å². The van der Waals surface area contributed by atoms with Crippen LogP contribution in [0.5, 0.6) is 0 Å². The summed E-state index contributed by atoms with van der Waals surface area (Å²) in [5.74, 6) is -1.22. The second kappa shape index (κ2) is 4.95. The Hall–Kier alpha value is -1.62. The highest BCUT2D eigenvalue weighted by Gasteiger charge is 2.61. The van der Waals surface area contributed by atoms with E-state index in [4.69, 9.17) is 9.47 Å². The normalized spacial score (nSPS) is 43.8. The van der Waals surface area contributed by atoms with E-state index < -0.39 is 35.7 Å². The number of fused-ring (bicyclic) bond motifs is 3. The molecule has 5 nitrogen and oxygen atoms in total. The van der Waals surface area contributed by atoms with Crippen molar-refractivity contribution in [3.63, 3.8) is 0 Å². The van der Waals surface area contributed by atoms with Crippen LogP contribution in [-0.2, 0) is 19.1 Å². The molecule has 1 saturated carbocycles. The van der Waals surface area contributed by atoms with Gasteiger partial charge in [0.15, 0.2) is 0 Å². The molecule has 0 amide bonds. The molecule has 0 aromatic carbocycles. The Balaban J connectivity index is 2.06. The molecule has 22 heavy (non-hydrogen) atoms. The van der Waals surface area contributed by atoms with Crippen molar-refractivity contribution in [2.24, 2.45) is 17.3 Å². The molecule has 1 N–H and O–H groups in total. The minimum absolute atomic E-state index is 0.0729. The lowest BCUT2D eigenvalue weighted by Gasteiger charge is -2.53. The van der Waals surface area contributed by atoms with Crippen LogP contribution in [-0.4, -0.2) is 35.4 Å². The lowest BCUT2D eigenvalue weighted by atomic mass is 9.54. The summed E-state index contributed by atoms with van der Waals surface area (Å²) in [7, 11) is 0. The molecule has 0 aromatic heterocycles. The molecular weight excluding hydrogens is 284 g/mol. The molecule has 5 heteroatoms. The summed E-state index contributed by atoms with van der Waals surface area (Å²) in [5.41, 5.74) is 1.00. The van der Waals surface area contributed by atoms with Crippen molar-refractivity contribution in [1.29, 1.82) is 0 Å². The number of carbonyl (C=O) groups is 2. The van der Waals surface area contributed by atoms with Gasteiger partial charge in [0.05, 0.1) is 12.0 Å². The Bertz CT molecular complexity index is 578. The predicted octanol–water partition coefficient (Wildman–Crippen LogP) is 1.75. The topological polar surface area (TPSA) is 72.8 Å². The number of hydrogen-bond donors (Lipinski definition) is 1. The van der Waals surface area contributed by atoms with E-state index in [9.17, 15) is 14.7 Å². The Morgan fingerprint density at radius 1 is 1.55 bits per heavy atom. The van der Waals surface area contributed by atoms with Gasteiger partial charge in [0.25, 0.3) is 0 Å². The average molecular weight is 306 g/mol. The first-order valence-electron chi connectivity index (χ1n) is 7.67. The first kappa shape index (κ1) is 15.3. The van der Waals surface area contributed by atoms with E-state index in [-0.39, 0.29) is 11.8 Å². The van der Waals surface area contributed by atoms with Gasteiger partial charge < -0.3 is 14.6 Å². The van der Waals surface area contributed by atoms with Crippen molar-refractivity contribution in [3.05, 3.63) is 23.8 Å². The highest BCUT2D eigenvalue weighted by atomic mass is 16.6. The van der Waals surface area contributed by atoms with Gasteiger partial charge in [-0.2, -0.15) is 0 Å². The summed E-state index contributed by atoms with van der Waals surface area (Å²) in [6.45, 7) is 9.18. The average Bonchev–Trinajstić information content (AvgIpc) is 2.70. The van der Waals surface area contributed by atoms with E-state index in [1.54, 1.807) is 0 Å². The smallest absolute Gasteiger partial charge is 0.334 e. The van der Waals surface area contributed by atoms with Crippen molar-refractivity contribution in [1.82, 2.24) is 0 Å². The third-order valence-electron chi connectivity index (χ3n) is 5.57. The van der Waals surface area contributed by atoms with Gasteiger partial charge >= 0.3 is 11.9 Å². The molecule has 0 spiro atoms. The molecule has 0 aromatic rings. The molecule has 6 atom stereocenters. The molecule has 2 aliphatic carbocycles. The van der Waals surface area contributed by atoms with Gasteiger partial charge in [0.1, 0.15) is 12.2 Å². The van der Waals surface area contributed by atoms with Crippen LogP contribution in [0.2, 0.25) is 0 Å². The van der Waals surface area contributed by atoms with Gasteiger partial charge in [0.2, 0.25) is 0 Å². The standard InChI is InChI=1S/C17H22O5/c1-8-5-6-12(19)17(4)7-11(21-10(3)18)13-9(2)16(20)22-15(13)14(8)17/h5,11-15,19H,2,6-7H2,1,3-4H3/t11-,12+,13+,14+,15-,17-/m0/s1. The molecule has 1 heterocycles. The van der Waals surface area contributed by atoms with E-state index >= 15 is 0 Å². The zero-order valence-corrected chi connectivity index (χ0v) is 13.2. The fourth-order valence-corrected chi connectivity index (χ4v) is 4.53. The van der Waals surface area contributed by atoms with E-state index in [2.05, 4.69) is 6.58 Å². The van der Waals surface area contributed by atoms with E-state index in [0.717, 1.165) is 5.57 Å². The monoisotopic (exact) mass is 306 g/mol. The molecule has 0 unspecified atom stereocenters. The Morgan fingerprint density at radius 3 is 2.86 bits per heavy atom. The van der Waals surface area contributed by atoms with Gasteiger partial charge in [0, 0.05) is 23.8 Å². The van der Waals surface area contributed by atoms with Crippen molar-refractivity contribution in [2.75, 3.05) is 0 Å². The van der Waals surface area contributed by atoms with Crippen molar-refractivity contribution in [3.8, 4) is 0 Å². The first-order chi connectivity index (χ1) is 10.3. The van der Waals surface area contributed by atoms with Crippen molar-refractivity contribution >= 4 is 11.9 Å². The number of hydrogen-bond acceptors (Lipinski definition) is 5. The van der Waals surface area contributed by atoms with Crippen LogP contribution in [0.15, 0.2) is 23.8 Å². The van der Waals surface area contributed by atoms with Gasteiger partial charge in [-0.25, -0.2) is 4.79 Å². The molecule has 120 valence electrons. The summed E-state index contributed by atoms with van der Waals surface area (Å²) in [5, 5.41) is 10.5. The second-order valence-corrected chi connectivity index (χ2v) is 6.96. The molecular formula is C17H22O5. The zero-order chi connectivity index (χ0) is 16.2. The maximum atomic E-state index is 12.0. The lowest BCUT2D eigenvalue weighted by Crippen LogP contribution is -2.57. The van der Waals surface area contributed by atoms with Crippen LogP contribution in [0.3, 0.4) is 0 Å². The first-order valence-corrected chi connectivity index (χ1v) is 7.67. The van der Waals surface area contributed by atoms with E-state index in [1.807, 2.05) is 19.9 Å². The Kier molecular flexibility index (Phi) is 3.44. The third-order valence-corrected chi connectivity index (χ3v) is 5.57. The van der Waals surface area contributed by atoms with Gasteiger partial charge in [-0.15, -0.1) is 0 Å². The van der Waals surface area contributed by atoms with E-state index in [0.29, 0.717) is 18.4 Å². The number of esters is 2. The fraction of sp³-hybridized carbons (Fsp3) is 0.647. The third kappa shape index (κ3) is 2.02. The summed E-state index contributed by atoms with van der Waals surface area (Å²) >= 11 is 0. The minimum atomic E-state index is -0.548. The number of aliphatic hydroxyl groups excluding tert-OH is 1. The molecule has 0 bridgehead atoms. The molecule has 3 aliphatic rings. The summed E-state index contributed by atoms with van der Waals surface area (Å²) in [6.07, 6.45) is 1.62. The maximum absolute atomic E-state index is 12.0. The van der Waals surface area contributed by atoms with Gasteiger partial charge in [-0.1, -0.05) is 25.2 Å². The molecule has 1 saturated heterocycles. The number of ether oxygens (including phenoxy) is 2. The maximum Gasteiger partial charge on any atom is 0.334 e. The van der Waals surface area contributed by atoms with E-state index in [1.165, 1.54) is 6.92 Å². The van der Waals surface area contributed by atoms with Crippen LogP contribution in [0.4, 0.5) is 0 Å². The molecule has 0 radical (unpaired) electrons. The number of carbonyl (C=O) groups excluding carboxylic acids is 2. The summed E-state index contributed by atoms with van der Waals surface area (Å²) in [4.78, 5) is 23.4. The molecule has 1 aliphatic heterocycles. The van der Waals surface area contributed by atoms with Crippen molar-refractivity contribution in [2.45, 2.75) is 51.9 Å². The van der Waals surface area contributed by atoms with Crippen LogP contribution in [0.1, 0.15) is 33.6 Å². The van der Waals surface area contributed by atoms with Crippen LogP contribution < -0.4 is 0 Å². The highest BCUT2D eigenvalue weighted by molar-refractivity contribution is 5.91. The van der Waals surface area contributed by atoms with Gasteiger partial charge in [-0.3, -0.25) is 4.79 Å². The summed E-state index contributed by atoms with van der Waals surface area (Å²) in [6, 6.07) is 0. The largest absolute Gasteiger partial charge is 0.462 e. The highest BCUT2D eigenvalue weighted by Crippen LogP contribution is 2.56. The summed E-state index contributed by atoms with van der Waals surface area (Å²) < 4.78 is 11.0. The number of aliphatic hydroxyl groups is 1. The Morgan fingerprint density at radius 2 is 2.23 bits per heavy atom. The van der Waals surface area contributed by atoms with Crippen LogP contribution in [0, 0.1) is 17.3 Å². The SMILES string of the molecule is C=C1C(=O)O[C@H]2[C@H]1[C@@H](OC(C)=O)C[C@@]1(C)[C@H](O)CC=C(C)[C@H]21. The quantitative estimate of drug-likeness (QED) is 0.454. The fourth-order valence-electron chi connectivity index (χ4n) is 4.53. The number of rotatable bonds is 1. The van der Waals surface area contributed by atoms with Crippen molar-refractivity contribution < 1.29 is 24.2 Å². The predicted molar refractivity (Wildman–Crippen MR) is 78.7 cm³/mol. The zero-order valence-electron chi connectivity index (χ0n) is 13.2. The minimum Gasteiger partial charge on any atom is -0.462 e. The second-order valence-electron chi connectivity index (χ2n) is 6.96. The molecule has 3 rings (SSSR count). The lowest BCUT2D eigenvalue weighted by molar-refractivity contribution is -0.173. The van der Waals surface area contributed by atoms with Crippen LogP contribution >= 0.6 is 0 Å². The Labute approximate surface area is 130 Å². The van der Waals surface area contributed by atoms with Crippen LogP contribution in [0.25, 0.3) is 0 Å².